The molecule has 0 saturated carbocycles. The molecule has 0 bridgehead atoms. The summed E-state index contributed by atoms with van der Waals surface area (Å²) in [6, 6.07) is 7.03. The molecule has 1 aromatic carbocycles. The third kappa shape index (κ3) is 3.92. The van der Waals surface area contributed by atoms with Crippen LogP contribution in [0.15, 0.2) is 29.8 Å². The normalized spacial score (nSPS) is 12.9. The van der Waals surface area contributed by atoms with E-state index in [0.29, 0.717) is 5.69 Å². The number of nitrogens with zero attached hydrogens (tertiary/aromatic N) is 1. The molecule has 4 N–H and O–H groups in total. The predicted molar refractivity (Wildman–Crippen MR) is 82.1 cm³/mol. The highest BCUT2D eigenvalue weighted by Crippen LogP contribution is 2.26. The number of aryl methyl sites for hydroxylation is 1. The van der Waals surface area contributed by atoms with Crippen LogP contribution in [0.4, 0.5) is 11.4 Å². The van der Waals surface area contributed by atoms with Crippen molar-refractivity contribution in [3.63, 3.8) is 0 Å². The molecule has 0 aliphatic heterocycles. The zero-order valence-corrected chi connectivity index (χ0v) is 12.8. The first kappa shape index (κ1) is 14.8. The van der Waals surface area contributed by atoms with Crippen LogP contribution in [0.5, 0.6) is 0 Å². The number of benzene rings is 1. The van der Waals surface area contributed by atoms with E-state index >= 15 is 0 Å². The Morgan fingerprint density at radius 1 is 1.35 bits per heavy atom. The van der Waals surface area contributed by atoms with Gasteiger partial charge in [0.15, 0.2) is 0 Å². The molecule has 1 aromatic heterocycles. The van der Waals surface area contributed by atoms with Gasteiger partial charge in [-0.15, -0.1) is 11.3 Å². The SMILES string of the molecule is Cc1ncsc1C(C)Nc1cccc(NS(N)(=O)=O)c1. The van der Waals surface area contributed by atoms with Crippen molar-refractivity contribution in [2.24, 2.45) is 5.14 Å². The quantitative estimate of drug-likeness (QED) is 0.788. The Labute approximate surface area is 122 Å². The molecular weight excluding hydrogens is 296 g/mol. The van der Waals surface area contributed by atoms with Gasteiger partial charge in [-0.2, -0.15) is 8.42 Å². The number of rotatable bonds is 5. The monoisotopic (exact) mass is 312 g/mol. The van der Waals surface area contributed by atoms with E-state index < -0.39 is 10.2 Å². The summed E-state index contributed by atoms with van der Waals surface area (Å²) in [7, 11) is -3.76. The van der Waals surface area contributed by atoms with Crippen LogP contribution in [-0.2, 0) is 10.2 Å². The third-order valence-corrected chi connectivity index (χ3v) is 4.32. The molecule has 1 unspecified atom stereocenters. The first-order chi connectivity index (χ1) is 9.35. The molecule has 2 rings (SSSR count). The van der Waals surface area contributed by atoms with Gasteiger partial charge < -0.3 is 5.32 Å². The molecule has 1 heterocycles. The number of nitrogens with one attached hydrogen (secondary N) is 2. The molecule has 20 heavy (non-hydrogen) atoms. The molecule has 0 fully saturated rings. The Bertz CT molecular complexity index is 697. The first-order valence-corrected chi connectivity index (χ1v) is 8.35. The molecule has 1 atom stereocenters. The van der Waals surface area contributed by atoms with E-state index in [0.717, 1.165) is 16.3 Å². The molecule has 2 aromatic rings. The maximum atomic E-state index is 11.0. The summed E-state index contributed by atoms with van der Waals surface area (Å²) >= 11 is 1.59. The van der Waals surface area contributed by atoms with Gasteiger partial charge in [0.2, 0.25) is 0 Å². The molecule has 6 nitrogen and oxygen atoms in total. The second-order valence-corrected chi connectivity index (χ2v) is 6.58. The lowest BCUT2D eigenvalue weighted by Gasteiger charge is -2.15. The van der Waals surface area contributed by atoms with E-state index in [1.54, 1.807) is 29.5 Å². The van der Waals surface area contributed by atoms with Crippen LogP contribution in [-0.4, -0.2) is 13.4 Å². The molecule has 0 radical (unpaired) electrons. The van der Waals surface area contributed by atoms with Crippen molar-refractivity contribution < 1.29 is 8.42 Å². The van der Waals surface area contributed by atoms with Crippen molar-refractivity contribution in [1.29, 1.82) is 0 Å². The number of hydrogen-bond acceptors (Lipinski definition) is 5. The summed E-state index contributed by atoms with van der Waals surface area (Å²) in [4.78, 5) is 5.36. The Hall–Kier alpha value is -1.64. The van der Waals surface area contributed by atoms with Crippen LogP contribution in [0.1, 0.15) is 23.5 Å². The molecule has 0 saturated heterocycles. The summed E-state index contributed by atoms with van der Waals surface area (Å²) < 4.78 is 24.3. The summed E-state index contributed by atoms with van der Waals surface area (Å²) in [6.45, 7) is 3.99. The van der Waals surface area contributed by atoms with Crippen LogP contribution >= 0.6 is 11.3 Å². The van der Waals surface area contributed by atoms with Gasteiger partial charge in [0.1, 0.15) is 0 Å². The number of aromatic nitrogens is 1. The molecule has 0 aliphatic carbocycles. The van der Waals surface area contributed by atoms with Gasteiger partial charge >= 0.3 is 0 Å². The highest BCUT2D eigenvalue weighted by atomic mass is 32.2. The van der Waals surface area contributed by atoms with Crippen molar-refractivity contribution in [2.45, 2.75) is 19.9 Å². The predicted octanol–water partition coefficient (Wildman–Crippen LogP) is 2.24. The maximum Gasteiger partial charge on any atom is 0.296 e. The highest BCUT2D eigenvalue weighted by molar-refractivity contribution is 7.90. The molecule has 0 amide bonds. The van der Waals surface area contributed by atoms with E-state index in [4.69, 9.17) is 5.14 Å². The second kappa shape index (κ2) is 5.78. The van der Waals surface area contributed by atoms with Gasteiger partial charge in [-0.3, -0.25) is 4.72 Å². The molecule has 8 heteroatoms. The molecule has 108 valence electrons. The summed E-state index contributed by atoms with van der Waals surface area (Å²) in [5, 5.41) is 8.26. The standard InChI is InChI=1S/C12H16N4O2S2/c1-8-12(19-7-14-8)9(2)15-10-4-3-5-11(6-10)16-20(13,17)18/h3-7,9,15-16H,1-2H3,(H2,13,17,18). The lowest BCUT2D eigenvalue weighted by molar-refractivity contribution is 0.603. The van der Waals surface area contributed by atoms with Gasteiger partial charge in [-0.25, -0.2) is 10.1 Å². The van der Waals surface area contributed by atoms with Crippen molar-refractivity contribution >= 4 is 32.9 Å². The zero-order valence-electron chi connectivity index (χ0n) is 11.1. The van der Waals surface area contributed by atoms with Gasteiger partial charge in [-0.1, -0.05) is 6.07 Å². The van der Waals surface area contributed by atoms with Crippen molar-refractivity contribution in [2.75, 3.05) is 10.0 Å². The van der Waals surface area contributed by atoms with Gasteiger partial charge in [0, 0.05) is 10.6 Å². The average Bonchev–Trinajstić information content (AvgIpc) is 2.73. The second-order valence-electron chi connectivity index (χ2n) is 4.40. The third-order valence-electron chi connectivity index (χ3n) is 2.68. The van der Waals surface area contributed by atoms with Crippen LogP contribution in [0.3, 0.4) is 0 Å². The minimum atomic E-state index is -3.76. The topological polar surface area (TPSA) is 97.1 Å². The minimum absolute atomic E-state index is 0.0900. The van der Waals surface area contributed by atoms with Gasteiger partial charge in [-0.05, 0) is 32.0 Å². The zero-order chi connectivity index (χ0) is 14.8. The Morgan fingerprint density at radius 2 is 2.05 bits per heavy atom. The smallest absolute Gasteiger partial charge is 0.296 e. The lowest BCUT2D eigenvalue weighted by Crippen LogP contribution is -2.21. The lowest BCUT2D eigenvalue weighted by atomic mass is 10.2. The van der Waals surface area contributed by atoms with Crippen molar-refractivity contribution in [3.05, 3.63) is 40.3 Å². The highest BCUT2D eigenvalue weighted by Gasteiger charge is 2.11. The van der Waals surface area contributed by atoms with Crippen LogP contribution in [0.2, 0.25) is 0 Å². The molecule has 0 spiro atoms. The van der Waals surface area contributed by atoms with Crippen LogP contribution in [0, 0.1) is 6.92 Å². The van der Waals surface area contributed by atoms with Gasteiger partial charge in [0.25, 0.3) is 10.2 Å². The van der Waals surface area contributed by atoms with E-state index in [1.165, 1.54) is 0 Å². The average molecular weight is 312 g/mol. The minimum Gasteiger partial charge on any atom is -0.378 e. The van der Waals surface area contributed by atoms with Crippen LogP contribution in [0.25, 0.3) is 0 Å². The van der Waals surface area contributed by atoms with Crippen molar-refractivity contribution in [3.8, 4) is 0 Å². The van der Waals surface area contributed by atoms with E-state index in [9.17, 15) is 8.42 Å². The molecule has 0 aliphatic rings. The summed E-state index contributed by atoms with van der Waals surface area (Å²) in [6.07, 6.45) is 0. The van der Waals surface area contributed by atoms with E-state index in [2.05, 4.69) is 15.0 Å². The Morgan fingerprint density at radius 3 is 2.65 bits per heavy atom. The fourth-order valence-corrected chi connectivity index (χ4v) is 3.14. The number of hydrogen-bond donors (Lipinski definition) is 3. The summed E-state index contributed by atoms with van der Waals surface area (Å²) in [5.41, 5.74) is 4.03. The van der Waals surface area contributed by atoms with Gasteiger partial charge in [0.05, 0.1) is 22.9 Å². The first-order valence-electron chi connectivity index (χ1n) is 5.92. The number of thiazole rings is 1. The fraction of sp³-hybridized carbons (Fsp3) is 0.250. The number of anilines is 2. The van der Waals surface area contributed by atoms with E-state index in [-0.39, 0.29) is 6.04 Å². The molecular formula is C12H16N4O2S2. The largest absolute Gasteiger partial charge is 0.378 e. The summed E-state index contributed by atoms with van der Waals surface area (Å²) in [5.74, 6) is 0. The Balaban J connectivity index is 2.14. The van der Waals surface area contributed by atoms with Crippen LogP contribution < -0.4 is 15.2 Å². The van der Waals surface area contributed by atoms with Crippen molar-refractivity contribution in [1.82, 2.24) is 4.98 Å². The maximum absolute atomic E-state index is 11.0. The van der Waals surface area contributed by atoms with E-state index in [1.807, 2.05) is 25.4 Å². The Kier molecular flexibility index (Phi) is 4.26. The number of nitrogens with two attached hydrogens (primary N) is 1. The fourth-order valence-electron chi connectivity index (χ4n) is 1.88.